The molecule has 1 saturated heterocycles. The predicted octanol–water partition coefficient (Wildman–Crippen LogP) is 3.28. The van der Waals surface area contributed by atoms with E-state index >= 15 is 0 Å². The van der Waals surface area contributed by atoms with E-state index in [1.807, 2.05) is 24.4 Å². The SMILES string of the molecule is O=CC1CN(c2ncccc2NCC2CC2)CCN1c1cc2ccccc2[nH]1. The summed E-state index contributed by atoms with van der Waals surface area (Å²) >= 11 is 0. The third kappa shape index (κ3) is 3.30. The number of aldehydes is 1. The zero-order valence-electron chi connectivity index (χ0n) is 15.8. The van der Waals surface area contributed by atoms with Crippen molar-refractivity contribution in [2.75, 3.05) is 41.3 Å². The molecule has 0 amide bonds. The number of aromatic amines is 1. The van der Waals surface area contributed by atoms with E-state index in [2.05, 4.69) is 49.4 Å². The maximum Gasteiger partial charge on any atom is 0.152 e. The third-order valence-electron chi connectivity index (χ3n) is 5.77. The Balaban J connectivity index is 1.36. The summed E-state index contributed by atoms with van der Waals surface area (Å²) in [5, 5.41) is 4.72. The number of nitrogens with one attached hydrogen (secondary N) is 2. The van der Waals surface area contributed by atoms with Gasteiger partial charge in [-0.15, -0.1) is 0 Å². The number of anilines is 3. The maximum absolute atomic E-state index is 11.9. The van der Waals surface area contributed by atoms with Crippen LogP contribution in [0.3, 0.4) is 0 Å². The van der Waals surface area contributed by atoms with Crippen molar-refractivity contribution >= 4 is 34.5 Å². The topological polar surface area (TPSA) is 64.3 Å². The zero-order valence-corrected chi connectivity index (χ0v) is 15.8. The molecule has 2 aromatic heterocycles. The smallest absolute Gasteiger partial charge is 0.152 e. The second-order valence-electron chi connectivity index (χ2n) is 7.78. The highest BCUT2D eigenvalue weighted by atomic mass is 16.1. The lowest BCUT2D eigenvalue weighted by Gasteiger charge is -2.40. The van der Waals surface area contributed by atoms with Crippen molar-refractivity contribution in [3.8, 4) is 0 Å². The van der Waals surface area contributed by atoms with Crippen LogP contribution in [0.25, 0.3) is 10.9 Å². The number of para-hydroxylation sites is 1. The number of aromatic nitrogens is 2. The Morgan fingerprint density at radius 3 is 2.89 bits per heavy atom. The fourth-order valence-corrected chi connectivity index (χ4v) is 3.99. The highest BCUT2D eigenvalue weighted by molar-refractivity contribution is 5.85. The van der Waals surface area contributed by atoms with E-state index in [4.69, 9.17) is 0 Å². The lowest BCUT2D eigenvalue weighted by molar-refractivity contribution is -0.109. The average molecular weight is 375 g/mol. The van der Waals surface area contributed by atoms with Gasteiger partial charge in [0.25, 0.3) is 0 Å². The molecule has 6 nitrogen and oxygen atoms in total. The Kier molecular flexibility index (Phi) is 4.39. The van der Waals surface area contributed by atoms with Crippen molar-refractivity contribution in [3.63, 3.8) is 0 Å². The van der Waals surface area contributed by atoms with Crippen LogP contribution >= 0.6 is 0 Å². The molecule has 1 unspecified atom stereocenters. The van der Waals surface area contributed by atoms with Crippen molar-refractivity contribution in [1.29, 1.82) is 0 Å². The van der Waals surface area contributed by atoms with E-state index in [1.54, 1.807) is 0 Å². The molecule has 0 spiro atoms. The molecule has 3 aromatic rings. The van der Waals surface area contributed by atoms with Crippen molar-refractivity contribution in [3.05, 3.63) is 48.7 Å². The number of benzene rings is 1. The summed E-state index contributed by atoms with van der Waals surface area (Å²) in [6, 6.07) is 14.2. The van der Waals surface area contributed by atoms with Crippen LogP contribution in [0, 0.1) is 5.92 Å². The zero-order chi connectivity index (χ0) is 18.9. The summed E-state index contributed by atoms with van der Waals surface area (Å²) < 4.78 is 0. The molecule has 2 aliphatic rings. The van der Waals surface area contributed by atoms with E-state index in [9.17, 15) is 4.79 Å². The minimum atomic E-state index is -0.208. The number of hydrogen-bond acceptors (Lipinski definition) is 5. The van der Waals surface area contributed by atoms with Crippen molar-refractivity contribution in [1.82, 2.24) is 9.97 Å². The van der Waals surface area contributed by atoms with Gasteiger partial charge in [0.05, 0.1) is 5.69 Å². The average Bonchev–Trinajstić information content (AvgIpc) is 3.48. The van der Waals surface area contributed by atoms with Crippen molar-refractivity contribution in [2.24, 2.45) is 5.92 Å². The Morgan fingerprint density at radius 2 is 2.07 bits per heavy atom. The molecular formula is C22H25N5O. The third-order valence-corrected chi connectivity index (χ3v) is 5.77. The van der Waals surface area contributed by atoms with Gasteiger partial charge in [0.15, 0.2) is 5.82 Å². The Labute approximate surface area is 164 Å². The fourth-order valence-electron chi connectivity index (χ4n) is 3.99. The van der Waals surface area contributed by atoms with Crippen molar-refractivity contribution in [2.45, 2.75) is 18.9 Å². The first kappa shape index (κ1) is 17.1. The molecule has 6 heteroatoms. The molecule has 0 radical (unpaired) electrons. The van der Waals surface area contributed by atoms with Gasteiger partial charge in [-0.05, 0) is 43.0 Å². The molecule has 2 fully saturated rings. The van der Waals surface area contributed by atoms with Crippen LogP contribution in [-0.2, 0) is 4.79 Å². The molecule has 5 rings (SSSR count). The van der Waals surface area contributed by atoms with Gasteiger partial charge in [-0.3, -0.25) is 0 Å². The summed E-state index contributed by atoms with van der Waals surface area (Å²) in [6.45, 7) is 3.24. The Hall–Kier alpha value is -3.02. The van der Waals surface area contributed by atoms with E-state index < -0.39 is 0 Å². The van der Waals surface area contributed by atoms with Gasteiger partial charge in [0, 0.05) is 43.3 Å². The molecule has 0 bridgehead atoms. The number of carbonyl (C=O) groups is 1. The largest absolute Gasteiger partial charge is 0.382 e. The van der Waals surface area contributed by atoms with Crippen LogP contribution in [-0.4, -0.2) is 48.5 Å². The minimum Gasteiger partial charge on any atom is -0.382 e. The Morgan fingerprint density at radius 1 is 1.18 bits per heavy atom. The normalized spacial score (nSPS) is 19.8. The van der Waals surface area contributed by atoms with Crippen LogP contribution in [0.15, 0.2) is 48.7 Å². The molecular weight excluding hydrogens is 350 g/mol. The van der Waals surface area contributed by atoms with E-state index in [0.717, 1.165) is 54.7 Å². The van der Waals surface area contributed by atoms with Gasteiger partial charge < -0.3 is 24.9 Å². The number of piperazine rings is 1. The maximum atomic E-state index is 11.9. The summed E-state index contributed by atoms with van der Waals surface area (Å²) in [5.41, 5.74) is 2.17. The minimum absolute atomic E-state index is 0.208. The molecule has 1 aliphatic carbocycles. The molecule has 1 aliphatic heterocycles. The quantitative estimate of drug-likeness (QED) is 0.648. The number of carbonyl (C=O) groups excluding carboxylic acids is 1. The van der Waals surface area contributed by atoms with Gasteiger partial charge in [0.1, 0.15) is 18.1 Å². The lowest BCUT2D eigenvalue weighted by atomic mass is 10.1. The number of H-pyrrole nitrogens is 1. The first-order valence-electron chi connectivity index (χ1n) is 10.1. The molecule has 1 aromatic carbocycles. The second kappa shape index (κ2) is 7.19. The number of nitrogens with zero attached hydrogens (tertiary/aromatic N) is 3. The first-order chi connectivity index (χ1) is 13.8. The van der Waals surface area contributed by atoms with Gasteiger partial charge >= 0.3 is 0 Å². The summed E-state index contributed by atoms with van der Waals surface area (Å²) in [4.78, 5) is 24.4. The highest BCUT2D eigenvalue weighted by Crippen LogP contribution is 2.32. The predicted molar refractivity (Wildman–Crippen MR) is 113 cm³/mol. The number of pyridine rings is 1. The van der Waals surface area contributed by atoms with Gasteiger partial charge in [-0.1, -0.05) is 18.2 Å². The van der Waals surface area contributed by atoms with Crippen LogP contribution in [0.5, 0.6) is 0 Å². The first-order valence-corrected chi connectivity index (χ1v) is 10.1. The standard InChI is InChI=1S/C22H25N5O/c28-15-18-14-26(22-20(6-3-9-23-22)24-13-16-7-8-16)10-11-27(18)21-12-17-4-1-2-5-19(17)25-21/h1-6,9,12,15-16,18,24-25H,7-8,10-11,13-14H2. The summed E-state index contributed by atoms with van der Waals surface area (Å²) in [6.07, 6.45) is 5.52. The van der Waals surface area contributed by atoms with Crippen LogP contribution in [0.1, 0.15) is 12.8 Å². The van der Waals surface area contributed by atoms with Crippen LogP contribution in [0.2, 0.25) is 0 Å². The van der Waals surface area contributed by atoms with Gasteiger partial charge in [-0.2, -0.15) is 0 Å². The highest BCUT2D eigenvalue weighted by Gasteiger charge is 2.30. The van der Waals surface area contributed by atoms with Gasteiger partial charge in [0.2, 0.25) is 0 Å². The van der Waals surface area contributed by atoms with Crippen LogP contribution in [0.4, 0.5) is 17.3 Å². The molecule has 28 heavy (non-hydrogen) atoms. The van der Waals surface area contributed by atoms with E-state index in [-0.39, 0.29) is 6.04 Å². The second-order valence-corrected chi connectivity index (χ2v) is 7.78. The molecule has 1 atom stereocenters. The summed E-state index contributed by atoms with van der Waals surface area (Å²) in [5.74, 6) is 2.76. The van der Waals surface area contributed by atoms with Gasteiger partial charge in [-0.25, -0.2) is 4.98 Å². The van der Waals surface area contributed by atoms with Crippen molar-refractivity contribution < 1.29 is 4.79 Å². The van der Waals surface area contributed by atoms with Crippen LogP contribution < -0.4 is 15.1 Å². The molecule has 1 saturated carbocycles. The fraction of sp³-hybridized carbons (Fsp3) is 0.364. The number of fused-ring (bicyclic) bond motifs is 1. The Bertz CT molecular complexity index is 947. The molecule has 144 valence electrons. The monoisotopic (exact) mass is 375 g/mol. The lowest BCUT2D eigenvalue weighted by Crippen LogP contribution is -2.54. The number of hydrogen-bond donors (Lipinski definition) is 2. The summed E-state index contributed by atoms with van der Waals surface area (Å²) in [7, 11) is 0. The molecule has 2 N–H and O–H groups in total. The molecule has 3 heterocycles. The number of rotatable bonds is 6. The van der Waals surface area contributed by atoms with E-state index in [1.165, 1.54) is 18.2 Å². The van der Waals surface area contributed by atoms with E-state index in [0.29, 0.717) is 6.54 Å².